The third kappa shape index (κ3) is 3.33. The summed E-state index contributed by atoms with van der Waals surface area (Å²) in [6.07, 6.45) is 0.209. The van der Waals surface area contributed by atoms with Crippen molar-refractivity contribution in [1.82, 2.24) is 0 Å². The molecule has 0 aromatic rings. The topological polar surface area (TPSA) is 29.5 Å². The lowest BCUT2D eigenvalue weighted by Gasteiger charge is -2.48. The molecule has 0 heterocycles. The molecule has 5 atom stereocenters. The molecule has 118 valence electrons. The van der Waals surface area contributed by atoms with Crippen LogP contribution in [-0.2, 0) is 4.74 Å². The van der Waals surface area contributed by atoms with Gasteiger partial charge in [0.25, 0.3) is 5.92 Å². The molecular formula is C16H28F2O2. The van der Waals surface area contributed by atoms with Gasteiger partial charge in [-0.1, -0.05) is 27.7 Å². The molecule has 0 bridgehead atoms. The number of ether oxygens (including phenoxy) is 1. The van der Waals surface area contributed by atoms with Gasteiger partial charge < -0.3 is 9.84 Å². The number of hydrogen-bond donors (Lipinski definition) is 1. The monoisotopic (exact) mass is 290 g/mol. The molecule has 2 saturated carbocycles. The first-order valence-electron chi connectivity index (χ1n) is 7.92. The lowest BCUT2D eigenvalue weighted by Crippen LogP contribution is -2.53. The Morgan fingerprint density at radius 2 is 1.75 bits per heavy atom. The minimum atomic E-state index is -2.59. The van der Waals surface area contributed by atoms with Gasteiger partial charge in [0.05, 0.1) is 18.3 Å². The number of rotatable bonds is 4. The first-order valence-corrected chi connectivity index (χ1v) is 7.92. The summed E-state index contributed by atoms with van der Waals surface area (Å²) in [6, 6.07) is 0. The number of alkyl halides is 2. The Balaban J connectivity index is 2.01. The molecule has 2 fully saturated rings. The summed E-state index contributed by atoms with van der Waals surface area (Å²) in [5, 5.41) is 9.83. The summed E-state index contributed by atoms with van der Waals surface area (Å²) < 4.78 is 33.4. The fourth-order valence-corrected chi connectivity index (χ4v) is 3.87. The van der Waals surface area contributed by atoms with Crippen LogP contribution >= 0.6 is 0 Å². The SMILES string of the molecule is CC(C)C1CCC(F)(F)CC1OC1CC(O)C1C(C)C. The second kappa shape index (κ2) is 5.88. The van der Waals surface area contributed by atoms with Crippen molar-refractivity contribution in [3.63, 3.8) is 0 Å². The molecule has 0 amide bonds. The van der Waals surface area contributed by atoms with Crippen LogP contribution in [0, 0.1) is 23.7 Å². The Bertz CT molecular complexity index is 326. The Kier molecular flexibility index (Phi) is 4.75. The Morgan fingerprint density at radius 1 is 1.10 bits per heavy atom. The van der Waals surface area contributed by atoms with Crippen molar-refractivity contribution in [2.45, 2.75) is 77.6 Å². The average molecular weight is 290 g/mol. The second-order valence-corrected chi connectivity index (χ2v) is 7.34. The van der Waals surface area contributed by atoms with Gasteiger partial charge in [0, 0.05) is 25.2 Å². The molecule has 0 saturated heterocycles. The van der Waals surface area contributed by atoms with Crippen molar-refractivity contribution in [2.24, 2.45) is 23.7 Å². The number of halogens is 2. The zero-order valence-electron chi connectivity index (χ0n) is 13.0. The van der Waals surface area contributed by atoms with Crippen LogP contribution in [0.25, 0.3) is 0 Å². The molecule has 4 heteroatoms. The zero-order valence-corrected chi connectivity index (χ0v) is 13.0. The van der Waals surface area contributed by atoms with Gasteiger partial charge in [-0.15, -0.1) is 0 Å². The summed E-state index contributed by atoms with van der Waals surface area (Å²) in [5.41, 5.74) is 0. The molecule has 0 aromatic carbocycles. The maximum atomic E-state index is 13.7. The van der Waals surface area contributed by atoms with E-state index in [1.807, 2.05) is 0 Å². The molecule has 2 aliphatic carbocycles. The highest BCUT2D eigenvalue weighted by Crippen LogP contribution is 2.44. The highest BCUT2D eigenvalue weighted by Gasteiger charge is 2.48. The van der Waals surface area contributed by atoms with Crippen molar-refractivity contribution in [1.29, 1.82) is 0 Å². The lowest BCUT2D eigenvalue weighted by molar-refractivity contribution is -0.207. The number of aliphatic hydroxyl groups is 1. The Labute approximate surface area is 120 Å². The third-order valence-electron chi connectivity index (χ3n) is 5.14. The predicted molar refractivity (Wildman–Crippen MR) is 74.7 cm³/mol. The first-order chi connectivity index (χ1) is 9.21. The highest BCUT2D eigenvalue weighted by molar-refractivity contribution is 4.95. The van der Waals surface area contributed by atoms with Crippen LogP contribution in [0.5, 0.6) is 0 Å². The number of hydrogen-bond acceptors (Lipinski definition) is 2. The van der Waals surface area contributed by atoms with E-state index in [4.69, 9.17) is 4.74 Å². The number of aliphatic hydroxyl groups excluding tert-OH is 1. The van der Waals surface area contributed by atoms with Gasteiger partial charge in [0.1, 0.15) is 0 Å². The third-order valence-corrected chi connectivity index (χ3v) is 5.14. The zero-order chi connectivity index (χ0) is 15.1. The van der Waals surface area contributed by atoms with Gasteiger partial charge in [-0.2, -0.15) is 0 Å². The smallest absolute Gasteiger partial charge is 0.250 e. The molecular weight excluding hydrogens is 262 g/mol. The van der Waals surface area contributed by atoms with E-state index in [-0.39, 0.29) is 43.0 Å². The van der Waals surface area contributed by atoms with Crippen LogP contribution in [0.15, 0.2) is 0 Å². The second-order valence-electron chi connectivity index (χ2n) is 7.34. The van der Waals surface area contributed by atoms with Gasteiger partial charge in [0.15, 0.2) is 0 Å². The van der Waals surface area contributed by atoms with E-state index in [1.165, 1.54) is 0 Å². The van der Waals surface area contributed by atoms with Crippen LogP contribution in [0.4, 0.5) is 8.78 Å². The minimum Gasteiger partial charge on any atom is -0.393 e. The molecule has 0 radical (unpaired) electrons. The molecule has 5 unspecified atom stereocenters. The highest BCUT2D eigenvalue weighted by atomic mass is 19.3. The van der Waals surface area contributed by atoms with Crippen molar-refractivity contribution < 1.29 is 18.6 Å². The summed E-state index contributed by atoms with van der Waals surface area (Å²) in [4.78, 5) is 0. The van der Waals surface area contributed by atoms with Crippen LogP contribution in [-0.4, -0.2) is 29.3 Å². The first kappa shape index (κ1) is 16.2. The van der Waals surface area contributed by atoms with Crippen molar-refractivity contribution >= 4 is 0 Å². The summed E-state index contributed by atoms with van der Waals surface area (Å²) in [7, 11) is 0. The van der Waals surface area contributed by atoms with E-state index in [0.29, 0.717) is 24.7 Å². The Morgan fingerprint density at radius 3 is 2.25 bits per heavy atom. The molecule has 1 N–H and O–H groups in total. The fourth-order valence-electron chi connectivity index (χ4n) is 3.87. The van der Waals surface area contributed by atoms with Crippen molar-refractivity contribution in [2.75, 3.05) is 0 Å². The Hall–Kier alpha value is -0.220. The summed E-state index contributed by atoms with van der Waals surface area (Å²) in [5.74, 6) is -1.60. The fraction of sp³-hybridized carbons (Fsp3) is 1.00. The molecule has 2 rings (SSSR count). The maximum absolute atomic E-state index is 13.7. The van der Waals surface area contributed by atoms with Crippen LogP contribution < -0.4 is 0 Å². The van der Waals surface area contributed by atoms with E-state index in [0.717, 1.165) is 0 Å². The van der Waals surface area contributed by atoms with Gasteiger partial charge in [0.2, 0.25) is 0 Å². The van der Waals surface area contributed by atoms with E-state index in [9.17, 15) is 13.9 Å². The van der Waals surface area contributed by atoms with Gasteiger partial charge in [-0.25, -0.2) is 8.78 Å². The largest absolute Gasteiger partial charge is 0.393 e. The molecule has 0 aliphatic heterocycles. The molecule has 2 aliphatic rings. The maximum Gasteiger partial charge on any atom is 0.250 e. The average Bonchev–Trinajstić information content (AvgIpc) is 2.25. The molecule has 20 heavy (non-hydrogen) atoms. The van der Waals surface area contributed by atoms with E-state index in [1.54, 1.807) is 0 Å². The summed E-state index contributed by atoms with van der Waals surface area (Å²) >= 11 is 0. The molecule has 2 nitrogen and oxygen atoms in total. The van der Waals surface area contributed by atoms with Gasteiger partial charge >= 0.3 is 0 Å². The quantitative estimate of drug-likeness (QED) is 0.851. The summed E-state index contributed by atoms with van der Waals surface area (Å²) in [6.45, 7) is 8.28. The lowest BCUT2D eigenvalue weighted by atomic mass is 9.71. The molecule has 0 spiro atoms. The van der Waals surface area contributed by atoms with E-state index < -0.39 is 5.92 Å². The minimum absolute atomic E-state index is 0.0173. The van der Waals surface area contributed by atoms with E-state index >= 15 is 0 Å². The van der Waals surface area contributed by atoms with Gasteiger partial charge in [-0.05, 0) is 24.2 Å². The molecule has 0 aromatic heterocycles. The van der Waals surface area contributed by atoms with Gasteiger partial charge in [-0.3, -0.25) is 0 Å². The van der Waals surface area contributed by atoms with Crippen LogP contribution in [0.2, 0.25) is 0 Å². The normalized spacial score (nSPS) is 41.0. The van der Waals surface area contributed by atoms with Crippen molar-refractivity contribution in [3.8, 4) is 0 Å². The predicted octanol–water partition coefficient (Wildman–Crippen LogP) is 3.87. The standard InChI is InChI=1S/C16H28F2O2/c1-9(2)11-5-6-16(17,18)8-14(11)20-13-7-12(19)15(13)10(3)4/h9-15,19H,5-8H2,1-4H3. The van der Waals surface area contributed by atoms with Crippen LogP contribution in [0.3, 0.4) is 0 Å². The van der Waals surface area contributed by atoms with Crippen molar-refractivity contribution in [3.05, 3.63) is 0 Å². The van der Waals surface area contributed by atoms with E-state index in [2.05, 4.69) is 27.7 Å². The van der Waals surface area contributed by atoms with Crippen LogP contribution in [0.1, 0.15) is 53.4 Å².